The van der Waals surface area contributed by atoms with E-state index in [9.17, 15) is 19.8 Å². The van der Waals surface area contributed by atoms with Crippen LogP contribution < -0.4 is 0 Å². The van der Waals surface area contributed by atoms with E-state index in [1.165, 1.54) is 0 Å². The van der Waals surface area contributed by atoms with Gasteiger partial charge in [-0.15, -0.1) is 20.5 Å². The Kier molecular flexibility index (Phi) is 8.46. The van der Waals surface area contributed by atoms with Crippen molar-refractivity contribution in [3.63, 3.8) is 0 Å². The van der Waals surface area contributed by atoms with Gasteiger partial charge in [-0.2, -0.15) is 0 Å². The molecule has 0 bridgehead atoms. The van der Waals surface area contributed by atoms with E-state index in [0.717, 1.165) is 22.2 Å². The Bertz CT molecular complexity index is 1520. The van der Waals surface area contributed by atoms with Crippen molar-refractivity contribution in [3.05, 3.63) is 47.5 Å². The number of aryl methyl sites for hydroxylation is 2. The average molecular weight is 545 g/mol. The fraction of sp³-hybridized carbons (Fsp3) is 0.400. The van der Waals surface area contributed by atoms with E-state index in [-0.39, 0.29) is 47.8 Å². The van der Waals surface area contributed by atoms with Crippen LogP contribution in [-0.2, 0) is 22.7 Å². The maximum Gasteiger partial charge on any atom is 0.265 e. The average Bonchev–Trinajstić information content (AvgIpc) is 3.28. The molecule has 40 heavy (non-hydrogen) atoms. The van der Waals surface area contributed by atoms with Gasteiger partial charge in [-0.05, 0) is 49.9 Å². The first kappa shape index (κ1) is 28.7. The van der Waals surface area contributed by atoms with E-state index >= 15 is 0 Å². The highest BCUT2D eigenvalue weighted by atomic mass is 16.3. The highest BCUT2D eigenvalue weighted by molar-refractivity contribution is 5.97. The molecule has 0 unspecified atom stereocenters. The Labute approximate surface area is 233 Å². The summed E-state index contributed by atoms with van der Waals surface area (Å²) in [7, 11) is 0. The Morgan fingerprint density at radius 1 is 0.700 bits per heavy atom. The Morgan fingerprint density at radius 3 is 1.43 bits per heavy atom. The number of aromatic hydroxyl groups is 2. The summed E-state index contributed by atoms with van der Waals surface area (Å²) in [6.07, 6.45) is -0.433. The van der Waals surface area contributed by atoms with Gasteiger partial charge in [-0.3, -0.25) is 9.59 Å². The number of aromatic nitrogens is 2. The van der Waals surface area contributed by atoms with Crippen LogP contribution in [0.5, 0.6) is 11.8 Å². The summed E-state index contributed by atoms with van der Waals surface area (Å²) in [5.41, 5.74) is 4.04. The smallest absolute Gasteiger partial charge is 0.265 e. The lowest BCUT2D eigenvalue weighted by atomic mass is 10.1. The minimum absolute atomic E-state index is 0.0533. The number of amides is 2. The molecule has 0 saturated carbocycles. The summed E-state index contributed by atoms with van der Waals surface area (Å²) in [5.74, 6) is -0.774. The number of hydrogen-bond acceptors (Lipinski definition) is 6. The Morgan fingerprint density at radius 2 is 1.07 bits per heavy atom. The van der Waals surface area contributed by atoms with E-state index in [2.05, 4.69) is 20.5 Å². The third-order valence-corrected chi connectivity index (χ3v) is 6.50. The first-order valence-corrected chi connectivity index (χ1v) is 13.5. The topological polar surface area (TPSA) is 134 Å². The van der Waals surface area contributed by atoms with Crippen LogP contribution in [0.2, 0.25) is 0 Å². The normalized spacial score (nSPS) is 12.3. The fourth-order valence-corrected chi connectivity index (χ4v) is 4.70. The maximum atomic E-state index is 12.4. The number of fused-ring (bicyclic) bond motifs is 2. The van der Waals surface area contributed by atoms with Crippen molar-refractivity contribution in [1.82, 2.24) is 9.13 Å². The lowest BCUT2D eigenvalue weighted by Gasteiger charge is -2.09. The zero-order chi connectivity index (χ0) is 29.1. The van der Waals surface area contributed by atoms with Crippen molar-refractivity contribution >= 4 is 45.0 Å². The molecule has 0 radical (unpaired) electrons. The van der Waals surface area contributed by atoms with E-state index < -0.39 is 11.8 Å². The second kappa shape index (κ2) is 11.8. The van der Waals surface area contributed by atoms with Crippen LogP contribution in [0.15, 0.2) is 56.9 Å². The minimum atomic E-state index is -0.618. The molecular weight excluding hydrogens is 508 g/mol. The monoisotopic (exact) mass is 544 g/mol. The van der Waals surface area contributed by atoms with Gasteiger partial charge in [0.05, 0.1) is 11.0 Å². The number of nitrogens with zero attached hydrogens (tertiary/aromatic N) is 6. The highest BCUT2D eigenvalue weighted by Crippen LogP contribution is 2.41. The molecule has 2 aromatic carbocycles. The summed E-state index contributed by atoms with van der Waals surface area (Å²) in [5, 5.41) is 38.7. The third kappa shape index (κ3) is 6.11. The molecule has 2 amide bonds. The second-order valence-corrected chi connectivity index (χ2v) is 11.1. The molecule has 210 valence electrons. The molecule has 0 aliphatic rings. The molecule has 4 rings (SSSR count). The predicted molar refractivity (Wildman–Crippen MR) is 155 cm³/mol. The highest BCUT2D eigenvalue weighted by Gasteiger charge is 2.19. The maximum absolute atomic E-state index is 12.4. The second-order valence-electron chi connectivity index (χ2n) is 11.1. The van der Waals surface area contributed by atoms with E-state index in [1.54, 1.807) is 9.13 Å². The number of benzene rings is 2. The molecular formula is C30H36N6O4. The molecule has 10 nitrogen and oxygen atoms in total. The van der Waals surface area contributed by atoms with Crippen molar-refractivity contribution in [3.8, 4) is 11.8 Å². The van der Waals surface area contributed by atoms with Crippen LogP contribution in [0, 0.1) is 25.7 Å². The van der Waals surface area contributed by atoms with Crippen molar-refractivity contribution in [2.45, 2.75) is 67.5 Å². The quantitative estimate of drug-likeness (QED) is 0.209. The SMILES string of the molecule is Cc1ccc2c(c1)c(N=NC(=O)CCC(=O)N=Nc1c(O)n(CC(C)C)c3ccc(C)cc13)c(O)n2CC(C)C. The van der Waals surface area contributed by atoms with Crippen LogP contribution in [0.3, 0.4) is 0 Å². The zero-order valence-electron chi connectivity index (χ0n) is 23.8. The molecule has 0 aliphatic carbocycles. The van der Waals surface area contributed by atoms with Gasteiger partial charge < -0.3 is 19.3 Å². The largest absolute Gasteiger partial charge is 0.493 e. The molecule has 2 N–H and O–H groups in total. The van der Waals surface area contributed by atoms with Gasteiger partial charge in [0.25, 0.3) is 11.8 Å². The molecule has 0 aliphatic heterocycles. The van der Waals surface area contributed by atoms with Gasteiger partial charge in [0, 0.05) is 36.7 Å². The molecule has 0 spiro atoms. The number of carbonyl (C=O) groups is 2. The number of hydrogen-bond donors (Lipinski definition) is 2. The number of rotatable bonds is 9. The van der Waals surface area contributed by atoms with Gasteiger partial charge in [0.2, 0.25) is 11.8 Å². The molecule has 10 heteroatoms. The van der Waals surface area contributed by atoms with Gasteiger partial charge in [0.15, 0.2) is 11.4 Å². The van der Waals surface area contributed by atoms with Crippen molar-refractivity contribution < 1.29 is 19.8 Å². The Hall–Kier alpha value is -4.34. The van der Waals surface area contributed by atoms with Crippen molar-refractivity contribution in [2.75, 3.05) is 0 Å². The van der Waals surface area contributed by atoms with Crippen molar-refractivity contribution in [1.29, 1.82) is 0 Å². The van der Waals surface area contributed by atoms with Crippen molar-refractivity contribution in [2.24, 2.45) is 32.3 Å². The van der Waals surface area contributed by atoms with E-state index in [0.29, 0.717) is 23.9 Å². The fourth-order valence-electron chi connectivity index (χ4n) is 4.70. The number of carbonyl (C=O) groups excluding carboxylic acids is 2. The molecule has 2 aromatic heterocycles. The lowest BCUT2D eigenvalue weighted by molar-refractivity contribution is -0.123. The van der Waals surface area contributed by atoms with Crippen LogP contribution in [0.4, 0.5) is 11.4 Å². The number of azo groups is 2. The van der Waals surface area contributed by atoms with Gasteiger partial charge >= 0.3 is 0 Å². The molecule has 0 saturated heterocycles. The molecule has 0 fully saturated rings. The summed E-state index contributed by atoms with van der Waals surface area (Å²) in [6, 6.07) is 11.5. The zero-order valence-corrected chi connectivity index (χ0v) is 23.8. The minimum Gasteiger partial charge on any atom is -0.493 e. The standard InChI is InChI=1S/C30H36N6O4/c1-17(2)15-35-23-9-7-19(5)13-21(23)27(29(35)39)33-31-25(37)11-12-26(38)32-34-28-22-14-20(6)8-10-24(22)36(30(28)40)16-18(3)4/h7-10,13-14,17-18,39-40H,11-12,15-16H2,1-6H3. The first-order valence-electron chi connectivity index (χ1n) is 13.5. The lowest BCUT2D eigenvalue weighted by Crippen LogP contribution is -2.03. The first-order chi connectivity index (χ1) is 19.0. The summed E-state index contributed by atoms with van der Waals surface area (Å²) in [4.78, 5) is 24.9. The van der Waals surface area contributed by atoms with Crippen LogP contribution in [-0.4, -0.2) is 31.2 Å². The van der Waals surface area contributed by atoms with E-state index in [4.69, 9.17) is 0 Å². The van der Waals surface area contributed by atoms with Crippen LogP contribution >= 0.6 is 0 Å². The summed E-state index contributed by atoms with van der Waals surface area (Å²) in [6.45, 7) is 13.2. The summed E-state index contributed by atoms with van der Waals surface area (Å²) < 4.78 is 3.52. The van der Waals surface area contributed by atoms with Gasteiger partial charge in [0.1, 0.15) is 0 Å². The van der Waals surface area contributed by atoms with Crippen LogP contribution in [0.1, 0.15) is 51.7 Å². The Balaban J connectivity index is 1.48. The molecule has 4 aromatic rings. The van der Waals surface area contributed by atoms with Gasteiger partial charge in [-0.1, -0.05) is 51.0 Å². The van der Waals surface area contributed by atoms with Crippen LogP contribution in [0.25, 0.3) is 21.8 Å². The summed E-state index contributed by atoms with van der Waals surface area (Å²) >= 11 is 0. The molecule has 0 atom stereocenters. The van der Waals surface area contributed by atoms with E-state index in [1.807, 2.05) is 77.9 Å². The molecule has 2 heterocycles. The third-order valence-electron chi connectivity index (χ3n) is 6.50. The predicted octanol–water partition coefficient (Wildman–Crippen LogP) is 7.64. The van der Waals surface area contributed by atoms with Gasteiger partial charge in [-0.25, -0.2) is 0 Å².